The first-order chi connectivity index (χ1) is 10.2. The Labute approximate surface area is 128 Å². The summed E-state index contributed by atoms with van der Waals surface area (Å²) in [7, 11) is 1.38. The average Bonchev–Trinajstić information content (AvgIpc) is 2.52. The summed E-state index contributed by atoms with van der Waals surface area (Å²) in [5, 5.41) is 0.0271. The van der Waals surface area contributed by atoms with Crippen molar-refractivity contribution in [1.82, 2.24) is 0 Å². The van der Waals surface area contributed by atoms with E-state index in [2.05, 4.69) is 0 Å². The van der Waals surface area contributed by atoms with Crippen molar-refractivity contribution in [1.29, 1.82) is 0 Å². The van der Waals surface area contributed by atoms with Crippen LogP contribution in [0.15, 0.2) is 53.4 Å². The number of ether oxygens (including phenoxy) is 1. The number of anilines is 1. The lowest BCUT2D eigenvalue weighted by atomic mass is 10.1. The molecule has 2 rings (SSSR count). The van der Waals surface area contributed by atoms with Crippen LogP contribution in [0.1, 0.15) is 21.2 Å². The fourth-order valence-electron chi connectivity index (χ4n) is 2.01. The predicted octanol–water partition coefficient (Wildman–Crippen LogP) is 2.85. The van der Waals surface area contributed by atoms with Crippen LogP contribution in [0.25, 0.3) is 0 Å². The molecule has 2 aromatic rings. The summed E-state index contributed by atoms with van der Waals surface area (Å²) in [4.78, 5) is 12.7. The van der Waals surface area contributed by atoms with Crippen LogP contribution in [0.3, 0.4) is 0 Å². The zero-order chi connectivity index (χ0) is 15.2. The highest BCUT2D eigenvalue weighted by Crippen LogP contribution is 2.36. The van der Waals surface area contributed by atoms with Crippen molar-refractivity contribution < 1.29 is 9.53 Å². The quantitative estimate of drug-likeness (QED) is 0.504. The lowest BCUT2D eigenvalue weighted by molar-refractivity contribution is 0.0597. The molecule has 0 aromatic heterocycles. The molecule has 0 saturated carbocycles. The zero-order valence-corrected chi connectivity index (χ0v) is 12.6. The van der Waals surface area contributed by atoms with E-state index in [1.165, 1.54) is 18.9 Å². The third kappa shape index (κ3) is 3.77. The highest BCUT2D eigenvalue weighted by Gasteiger charge is 2.17. The van der Waals surface area contributed by atoms with Gasteiger partial charge in [-0.3, -0.25) is 0 Å². The molecular formula is C16H18N2O2S. The maximum atomic E-state index is 11.8. The van der Waals surface area contributed by atoms with E-state index < -0.39 is 0 Å². The molecule has 0 bridgehead atoms. The summed E-state index contributed by atoms with van der Waals surface area (Å²) >= 11 is 1.54. The second-order valence-electron chi connectivity index (χ2n) is 4.50. The minimum Gasteiger partial charge on any atom is -0.465 e. The summed E-state index contributed by atoms with van der Waals surface area (Å²) in [6, 6.07) is 15.0. The molecule has 110 valence electrons. The normalized spacial score (nSPS) is 11.9. The summed E-state index contributed by atoms with van der Waals surface area (Å²) < 4.78 is 4.81. The van der Waals surface area contributed by atoms with Crippen LogP contribution in [-0.2, 0) is 4.74 Å². The number of methoxy groups -OCH3 is 1. The zero-order valence-electron chi connectivity index (χ0n) is 11.8. The fourth-order valence-corrected chi connectivity index (χ4v) is 3.13. The molecule has 2 aromatic carbocycles. The highest BCUT2D eigenvalue weighted by molar-refractivity contribution is 7.99. The number of thioether (sulfide) groups is 1. The Balaban J connectivity index is 2.29. The number of carbonyl (C=O) groups is 1. The third-order valence-corrected chi connectivity index (χ3v) is 4.42. The van der Waals surface area contributed by atoms with Gasteiger partial charge in [-0.2, -0.15) is 0 Å². The van der Waals surface area contributed by atoms with Crippen LogP contribution >= 0.6 is 11.8 Å². The Morgan fingerprint density at radius 1 is 1.24 bits per heavy atom. The van der Waals surface area contributed by atoms with Crippen molar-refractivity contribution in [3.05, 3.63) is 59.7 Å². The van der Waals surface area contributed by atoms with E-state index in [0.29, 0.717) is 17.8 Å². The molecule has 0 aliphatic carbocycles. The van der Waals surface area contributed by atoms with Gasteiger partial charge in [-0.25, -0.2) is 4.79 Å². The molecule has 1 atom stereocenters. The first-order valence-corrected chi connectivity index (χ1v) is 7.43. The minimum atomic E-state index is -0.346. The monoisotopic (exact) mass is 302 g/mol. The van der Waals surface area contributed by atoms with Crippen molar-refractivity contribution in [2.75, 3.05) is 19.4 Å². The van der Waals surface area contributed by atoms with Crippen LogP contribution in [0.2, 0.25) is 0 Å². The molecule has 0 fully saturated rings. The maximum absolute atomic E-state index is 11.8. The Hall–Kier alpha value is -1.98. The van der Waals surface area contributed by atoms with Gasteiger partial charge in [-0.05, 0) is 29.8 Å². The number of hydrogen-bond acceptors (Lipinski definition) is 5. The van der Waals surface area contributed by atoms with Gasteiger partial charge in [0.1, 0.15) is 0 Å². The van der Waals surface area contributed by atoms with Gasteiger partial charge in [0, 0.05) is 22.4 Å². The van der Waals surface area contributed by atoms with E-state index in [1.807, 2.05) is 42.5 Å². The average molecular weight is 302 g/mol. The van der Waals surface area contributed by atoms with Crippen LogP contribution in [0, 0.1) is 0 Å². The number of rotatable bonds is 5. The third-order valence-electron chi connectivity index (χ3n) is 3.06. The molecule has 4 N–H and O–H groups in total. The summed E-state index contributed by atoms with van der Waals surface area (Å²) in [5.74, 6) is -0.346. The Morgan fingerprint density at radius 2 is 2.00 bits per heavy atom. The first-order valence-electron chi connectivity index (χ1n) is 6.55. The van der Waals surface area contributed by atoms with Gasteiger partial charge in [-0.1, -0.05) is 24.3 Å². The van der Waals surface area contributed by atoms with Gasteiger partial charge >= 0.3 is 5.97 Å². The van der Waals surface area contributed by atoms with Gasteiger partial charge in [0.2, 0.25) is 0 Å². The molecule has 0 aliphatic rings. The van der Waals surface area contributed by atoms with E-state index in [4.69, 9.17) is 16.2 Å². The smallest absolute Gasteiger partial charge is 0.338 e. The fraction of sp³-hybridized carbons (Fsp3) is 0.188. The van der Waals surface area contributed by atoms with Gasteiger partial charge in [0.05, 0.1) is 12.7 Å². The molecule has 0 heterocycles. The van der Waals surface area contributed by atoms with Gasteiger partial charge < -0.3 is 16.2 Å². The van der Waals surface area contributed by atoms with Gasteiger partial charge in [-0.15, -0.1) is 11.8 Å². The molecule has 4 nitrogen and oxygen atoms in total. The van der Waals surface area contributed by atoms with Crippen LogP contribution < -0.4 is 11.5 Å². The molecule has 21 heavy (non-hydrogen) atoms. The number of nitrogens with two attached hydrogens (primary N) is 2. The molecule has 5 heteroatoms. The van der Waals surface area contributed by atoms with E-state index in [0.717, 1.165) is 10.5 Å². The molecule has 0 radical (unpaired) electrons. The van der Waals surface area contributed by atoms with Crippen molar-refractivity contribution in [2.45, 2.75) is 10.1 Å². The largest absolute Gasteiger partial charge is 0.465 e. The lowest BCUT2D eigenvalue weighted by Gasteiger charge is -2.17. The highest BCUT2D eigenvalue weighted by atomic mass is 32.2. The van der Waals surface area contributed by atoms with Gasteiger partial charge in [0.15, 0.2) is 0 Å². The van der Waals surface area contributed by atoms with Crippen molar-refractivity contribution in [3.63, 3.8) is 0 Å². The summed E-state index contributed by atoms with van der Waals surface area (Å²) in [6.07, 6.45) is 0. The summed E-state index contributed by atoms with van der Waals surface area (Å²) in [6.45, 7) is 0.448. The number of hydrogen-bond donors (Lipinski definition) is 2. The Bertz CT molecular complexity index is 631. The predicted molar refractivity (Wildman–Crippen MR) is 86.3 cm³/mol. The van der Waals surface area contributed by atoms with Crippen LogP contribution in [-0.4, -0.2) is 19.6 Å². The molecule has 0 aliphatic heterocycles. The molecule has 0 spiro atoms. The van der Waals surface area contributed by atoms with Crippen molar-refractivity contribution in [2.24, 2.45) is 5.73 Å². The standard InChI is InChI=1S/C16H18N2O2S/c1-20-16(19)13-7-2-3-8-14(13)21-15(10-17)11-5-4-6-12(18)9-11/h2-9,15H,10,17-18H2,1H3. The Morgan fingerprint density at radius 3 is 2.67 bits per heavy atom. The maximum Gasteiger partial charge on any atom is 0.338 e. The number of benzene rings is 2. The number of carbonyl (C=O) groups excluding carboxylic acids is 1. The topological polar surface area (TPSA) is 78.3 Å². The molecule has 1 unspecified atom stereocenters. The van der Waals surface area contributed by atoms with Crippen molar-refractivity contribution in [3.8, 4) is 0 Å². The van der Waals surface area contributed by atoms with E-state index in [9.17, 15) is 4.79 Å². The second-order valence-corrected chi connectivity index (χ2v) is 5.74. The van der Waals surface area contributed by atoms with E-state index >= 15 is 0 Å². The van der Waals surface area contributed by atoms with E-state index in [-0.39, 0.29) is 11.2 Å². The van der Waals surface area contributed by atoms with Crippen molar-refractivity contribution >= 4 is 23.4 Å². The number of esters is 1. The van der Waals surface area contributed by atoms with E-state index in [1.54, 1.807) is 6.07 Å². The minimum absolute atomic E-state index is 0.0271. The van der Waals surface area contributed by atoms with Crippen LogP contribution in [0.5, 0.6) is 0 Å². The van der Waals surface area contributed by atoms with Gasteiger partial charge in [0.25, 0.3) is 0 Å². The SMILES string of the molecule is COC(=O)c1ccccc1SC(CN)c1cccc(N)c1. The Kier molecular flexibility index (Phi) is 5.25. The molecule has 0 amide bonds. The van der Waals surface area contributed by atoms with Crippen LogP contribution in [0.4, 0.5) is 5.69 Å². The lowest BCUT2D eigenvalue weighted by Crippen LogP contribution is -2.11. The number of nitrogen functional groups attached to an aromatic ring is 1. The summed E-state index contributed by atoms with van der Waals surface area (Å²) in [5.41, 5.74) is 14.0. The second kappa shape index (κ2) is 7.15. The molecular weight excluding hydrogens is 284 g/mol. The first kappa shape index (κ1) is 15.4. The molecule has 0 saturated heterocycles.